The molecule has 1 heterocycles. The summed E-state index contributed by atoms with van der Waals surface area (Å²) in [5.74, 6) is -0.317. The van der Waals surface area contributed by atoms with E-state index in [1.54, 1.807) is 49.3 Å². The minimum absolute atomic E-state index is 0.103. The Morgan fingerprint density at radius 1 is 1.26 bits per heavy atom. The van der Waals surface area contributed by atoms with Gasteiger partial charge in [-0.1, -0.05) is 6.92 Å². The van der Waals surface area contributed by atoms with Gasteiger partial charge in [0, 0.05) is 12.0 Å². The van der Waals surface area contributed by atoms with Crippen molar-refractivity contribution in [1.29, 1.82) is 0 Å². The fraction of sp³-hybridized carbons (Fsp3) is 0.375. The van der Waals surface area contributed by atoms with E-state index in [9.17, 15) is 9.59 Å². The third kappa shape index (κ3) is 4.91. The van der Waals surface area contributed by atoms with Crippen molar-refractivity contribution < 1.29 is 19.1 Å². The van der Waals surface area contributed by atoms with Gasteiger partial charge in [0.15, 0.2) is 5.78 Å². The number of Topliss-reactive ketones (excluding diaryl/α,β-unsaturated/α-hetero) is 1. The maximum absolute atomic E-state index is 12.1. The van der Waals surface area contributed by atoms with Crippen molar-refractivity contribution in [1.82, 2.24) is 14.8 Å². The first kappa shape index (κ1) is 16.7. The number of rotatable bonds is 8. The van der Waals surface area contributed by atoms with Crippen LogP contribution >= 0.6 is 0 Å². The molecule has 0 bridgehead atoms. The summed E-state index contributed by atoms with van der Waals surface area (Å²) in [4.78, 5) is 27.8. The number of benzene rings is 1. The number of ketones is 1. The monoisotopic (exact) mass is 317 g/mol. The summed E-state index contributed by atoms with van der Waals surface area (Å²) in [6.45, 7) is 2.31. The molecule has 2 aromatic rings. The molecule has 0 aliphatic carbocycles. The Balaban J connectivity index is 1.78. The lowest BCUT2D eigenvalue weighted by Gasteiger charge is -2.11. The summed E-state index contributed by atoms with van der Waals surface area (Å²) in [6, 6.07) is 6.80. The molecule has 1 aromatic heterocycles. The van der Waals surface area contributed by atoms with E-state index in [0.29, 0.717) is 17.9 Å². The number of methoxy groups -OCH3 is 1. The Kier molecular flexibility index (Phi) is 5.85. The van der Waals surface area contributed by atoms with Crippen molar-refractivity contribution >= 4 is 11.8 Å². The molecule has 0 radical (unpaired) electrons. The van der Waals surface area contributed by atoms with E-state index in [-0.39, 0.29) is 18.8 Å². The summed E-state index contributed by atoms with van der Waals surface area (Å²) in [7, 11) is 1.56. The molecule has 0 spiro atoms. The molecule has 0 amide bonds. The van der Waals surface area contributed by atoms with E-state index < -0.39 is 11.9 Å². The van der Waals surface area contributed by atoms with Crippen LogP contribution < -0.4 is 4.74 Å². The molecule has 1 aromatic carbocycles. The average Bonchev–Trinajstić information content (AvgIpc) is 3.08. The van der Waals surface area contributed by atoms with Gasteiger partial charge in [0.25, 0.3) is 0 Å². The molecule has 1 atom stereocenters. The lowest BCUT2D eigenvalue weighted by molar-refractivity contribution is -0.148. The lowest BCUT2D eigenvalue weighted by atomic mass is 10.00. The first-order valence-corrected chi connectivity index (χ1v) is 7.26. The molecular weight excluding hydrogens is 298 g/mol. The zero-order valence-corrected chi connectivity index (χ0v) is 13.1. The number of ether oxygens (including phenoxy) is 2. The number of nitrogens with zero attached hydrogens (tertiary/aromatic N) is 3. The first-order chi connectivity index (χ1) is 11.1. The van der Waals surface area contributed by atoms with Gasteiger partial charge >= 0.3 is 5.97 Å². The highest BCUT2D eigenvalue weighted by Gasteiger charge is 2.19. The highest BCUT2D eigenvalue weighted by molar-refractivity contribution is 5.98. The highest BCUT2D eigenvalue weighted by Crippen LogP contribution is 2.15. The normalized spacial score (nSPS) is 11.7. The van der Waals surface area contributed by atoms with Gasteiger partial charge in [-0.25, -0.2) is 9.67 Å². The Hall–Kier alpha value is -2.70. The zero-order valence-electron chi connectivity index (χ0n) is 13.1. The molecule has 0 aliphatic rings. The standard InChI is InChI=1S/C16H19N3O4/c1-12(16(21)23-8-7-19-11-17-10-18-19)9-15(20)13-3-5-14(22-2)6-4-13/h3-6,10-12H,7-9H2,1-2H3. The van der Waals surface area contributed by atoms with Gasteiger partial charge in [-0.15, -0.1) is 0 Å². The van der Waals surface area contributed by atoms with E-state index in [2.05, 4.69) is 10.1 Å². The predicted molar refractivity (Wildman–Crippen MR) is 82.1 cm³/mol. The Labute approximate surface area is 134 Å². The smallest absolute Gasteiger partial charge is 0.309 e. The van der Waals surface area contributed by atoms with Crippen molar-refractivity contribution in [2.24, 2.45) is 5.92 Å². The SMILES string of the molecule is COc1ccc(C(=O)CC(C)C(=O)OCCn2cncn2)cc1. The van der Waals surface area contributed by atoms with E-state index in [4.69, 9.17) is 9.47 Å². The third-order valence-corrected chi connectivity index (χ3v) is 3.34. The summed E-state index contributed by atoms with van der Waals surface area (Å²) in [5.41, 5.74) is 0.549. The zero-order chi connectivity index (χ0) is 16.7. The maximum atomic E-state index is 12.1. The van der Waals surface area contributed by atoms with Crippen molar-refractivity contribution in [3.8, 4) is 5.75 Å². The summed E-state index contributed by atoms with van der Waals surface area (Å²) in [5, 5.41) is 3.91. The van der Waals surface area contributed by atoms with E-state index >= 15 is 0 Å². The highest BCUT2D eigenvalue weighted by atomic mass is 16.5. The quantitative estimate of drug-likeness (QED) is 0.545. The maximum Gasteiger partial charge on any atom is 0.309 e. The van der Waals surface area contributed by atoms with Gasteiger partial charge in [0.05, 0.1) is 19.6 Å². The van der Waals surface area contributed by atoms with Gasteiger partial charge in [0.1, 0.15) is 25.0 Å². The molecule has 0 fully saturated rings. The van der Waals surface area contributed by atoms with Gasteiger partial charge in [0.2, 0.25) is 0 Å². The molecule has 23 heavy (non-hydrogen) atoms. The largest absolute Gasteiger partial charge is 0.497 e. The summed E-state index contributed by atoms with van der Waals surface area (Å²) in [6.07, 6.45) is 3.07. The predicted octanol–water partition coefficient (Wildman–Crippen LogP) is 1.74. The molecule has 122 valence electrons. The second-order valence-corrected chi connectivity index (χ2v) is 5.08. The van der Waals surface area contributed by atoms with E-state index in [1.807, 2.05) is 0 Å². The van der Waals surface area contributed by atoms with Crippen LogP contribution in [0.25, 0.3) is 0 Å². The molecule has 1 unspecified atom stereocenters. The van der Waals surface area contributed by atoms with Gasteiger partial charge in [-0.2, -0.15) is 5.10 Å². The fourth-order valence-electron chi connectivity index (χ4n) is 1.99. The first-order valence-electron chi connectivity index (χ1n) is 7.26. The molecule has 2 rings (SSSR count). The number of hydrogen-bond donors (Lipinski definition) is 0. The Morgan fingerprint density at radius 3 is 2.61 bits per heavy atom. The van der Waals surface area contributed by atoms with Crippen molar-refractivity contribution in [2.75, 3.05) is 13.7 Å². The van der Waals surface area contributed by atoms with Crippen molar-refractivity contribution in [2.45, 2.75) is 19.9 Å². The second kappa shape index (κ2) is 8.07. The lowest BCUT2D eigenvalue weighted by Crippen LogP contribution is -2.20. The molecule has 0 N–H and O–H groups in total. The van der Waals surface area contributed by atoms with Gasteiger partial charge < -0.3 is 9.47 Å². The molecular formula is C16H19N3O4. The van der Waals surface area contributed by atoms with Crippen LogP contribution in [0.5, 0.6) is 5.75 Å². The van der Waals surface area contributed by atoms with Crippen LogP contribution in [0.1, 0.15) is 23.7 Å². The molecule has 0 aliphatic heterocycles. The Morgan fingerprint density at radius 2 is 2.00 bits per heavy atom. The average molecular weight is 317 g/mol. The Bertz CT molecular complexity index is 638. The van der Waals surface area contributed by atoms with Crippen LogP contribution in [-0.4, -0.2) is 40.2 Å². The molecule has 0 saturated heterocycles. The van der Waals surface area contributed by atoms with Crippen LogP contribution in [0.4, 0.5) is 0 Å². The van der Waals surface area contributed by atoms with Crippen molar-refractivity contribution in [3.63, 3.8) is 0 Å². The van der Waals surface area contributed by atoms with Crippen LogP contribution in [-0.2, 0) is 16.1 Å². The minimum atomic E-state index is -0.500. The topological polar surface area (TPSA) is 83.3 Å². The molecule has 7 heteroatoms. The molecule has 0 saturated carbocycles. The summed E-state index contributed by atoms with van der Waals surface area (Å²) >= 11 is 0. The van der Waals surface area contributed by atoms with Crippen LogP contribution in [0.15, 0.2) is 36.9 Å². The fourth-order valence-corrected chi connectivity index (χ4v) is 1.99. The van der Waals surface area contributed by atoms with Crippen LogP contribution in [0.3, 0.4) is 0 Å². The number of esters is 1. The van der Waals surface area contributed by atoms with Gasteiger partial charge in [-0.3, -0.25) is 9.59 Å². The second-order valence-electron chi connectivity index (χ2n) is 5.08. The number of carbonyl (C=O) groups excluding carboxylic acids is 2. The van der Waals surface area contributed by atoms with E-state index in [0.717, 1.165) is 0 Å². The van der Waals surface area contributed by atoms with Crippen molar-refractivity contribution in [3.05, 3.63) is 42.5 Å². The van der Waals surface area contributed by atoms with Crippen LogP contribution in [0.2, 0.25) is 0 Å². The van der Waals surface area contributed by atoms with E-state index in [1.165, 1.54) is 6.33 Å². The summed E-state index contributed by atoms with van der Waals surface area (Å²) < 4.78 is 11.8. The molecule has 7 nitrogen and oxygen atoms in total. The number of hydrogen-bond acceptors (Lipinski definition) is 6. The number of aromatic nitrogens is 3. The third-order valence-electron chi connectivity index (χ3n) is 3.34. The van der Waals surface area contributed by atoms with Gasteiger partial charge in [-0.05, 0) is 24.3 Å². The minimum Gasteiger partial charge on any atom is -0.497 e. The van der Waals surface area contributed by atoms with Crippen LogP contribution in [0, 0.1) is 5.92 Å². The number of carbonyl (C=O) groups is 2.